The second-order valence-electron chi connectivity index (χ2n) is 3.30. The van der Waals surface area contributed by atoms with Crippen molar-refractivity contribution in [3.8, 4) is 6.07 Å². The molecule has 0 aromatic rings. The van der Waals surface area contributed by atoms with Gasteiger partial charge in [-0.2, -0.15) is 5.26 Å². The molecule has 1 N–H and O–H groups in total. The van der Waals surface area contributed by atoms with E-state index in [2.05, 4.69) is 5.32 Å². The number of carbonyl (C=O) groups is 1. The number of nitrogens with one attached hydrogen (secondary N) is 1. The summed E-state index contributed by atoms with van der Waals surface area (Å²) in [7, 11) is 1.60. The van der Waals surface area contributed by atoms with E-state index in [0.29, 0.717) is 6.61 Å². The van der Waals surface area contributed by atoms with E-state index in [1.807, 2.05) is 13.0 Å². The molecular weight excluding hydrogens is 180 g/mol. The summed E-state index contributed by atoms with van der Waals surface area (Å²) in [5.74, 6) is -0.811. The van der Waals surface area contributed by atoms with Gasteiger partial charge in [0, 0.05) is 7.11 Å². The van der Waals surface area contributed by atoms with Gasteiger partial charge in [0.15, 0.2) is 0 Å². The van der Waals surface area contributed by atoms with E-state index in [1.54, 1.807) is 14.0 Å². The highest BCUT2D eigenvalue weighted by molar-refractivity contribution is 5.80. The van der Waals surface area contributed by atoms with E-state index in [1.165, 1.54) is 0 Å². The quantitative estimate of drug-likeness (QED) is 0.694. The molecule has 0 aliphatic rings. The summed E-state index contributed by atoms with van der Waals surface area (Å²) >= 11 is 0. The molecule has 0 rings (SSSR count). The van der Waals surface area contributed by atoms with Gasteiger partial charge in [-0.25, -0.2) is 0 Å². The number of nitriles is 1. The fraction of sp³-hybridized carbons (Fsp3) is 0.800. The number of rotatable bonds is 6. The predicted octanol–water partition coefficient (Wildman–Crippen LogP) is 1.08. The van der Waals surface area contributed by atoms with Crippen LogP contribution in [0.15, 0.2) is 0 Å². The third kappa shape index (κ3) is 4.83. The Bertz CT molecular complexity index is 205. The van der Waals surface area contributed by atoms with Crippen molar-refractivity contribution in [2.45, 2.75) is 32.7 Å². The highest BCUT2D eigenvalue weighted by atomic mass is 16.5. The lowest BCUT2D eigenvalue weighted by Crippen LogP contribution is -2.40. The van der Waals surface area contributed by atoms with Crippen LogP contribution in [0.4, 0.5) is 0 Å². The summed E-state index contributed by atoms with van der Waals surface area (Å²) in [5.41, 5.74) is 0. The normalized spacial score (nSPS) is 14.1. The second-order valence-corrected chi connectivity index (χ2v) is 3.30. The number of amides is 1. The largest absolute Gasteiger partial charge is 0.383 e. The van der Waals surface area contributed by atoms with Gasteiger partial charge in [-0.05, 0) is 13.3 Å². The van der Waals surface area contributed by atoms with Gasteiger partial charge in [-0.3, -0.25) is 4.79 Å². The summed E-state index contributed by atoms with van der Waals surface area (Å²) < 4.78 is 4.97. The lowest BCUT2D eigenvalue weighted by atomic mass is 10.1. The predicted molar refractivity (Wildman–Crippen MR) is 53.5 cm³/mol. The van der Waals surface area contributed by atoms with Crippen molar-refractivity contribution in [3.05, 3.63) is 0 Å². The Hall–Kier alpha value is -1.08. The maximum Gasteiger partial charge on any atom is 0.237 e. The van der Waals surface area contributed by atoms with Crippen LogP contribution < -0.4 is 5.32 Å². The van der Waals surface area contributed by atoms with Crippen LogP contribution in [0, 0.1) is 17.2 Å². The standard InChI is InChI=1S/C10H18N2O2/c1-4-5-9(7-14-3)12-10(13)8(2)6-11/h8-9H,4-5,7H2,1-3H3,(H,12,13). The fourth-order valence-electron chi connectivity index (χ4n) is 1.13. The molecule has 0 aromatic carbocycles. The molecule has 0 aliphatic heterocycles. The summed E-state index contributed by atoms with van der Waals surface area (Å²) in [6.07, 6.45) is 1.85. The minimum Gasteiger partial charge on any atom is -0.383 e. The van der Waals surface area contributed by atoms with Crippen LogP contribution in [0.3, 0.4) is 0 Å². The lowest BCUT2D eigenvalue weighted by molar-refractivity contribution is -0.124. The Morgan fingerprint density at radius 1 is 1.64 bits per heavy atom. The molecule has 0 heterocycles. The smallest absolute Gasteiger partial charge is 0.237 e. The summed E-state index contributed by atoms with van der Waals surface area (Å²) in [5, 5.41) is 11.3. The summed E-state index contributed by atoms with van der Waals surface area (Å²) in [6, 6.07) is 1.92. The monoisotopic (exact) mass is 198 g/mol. The van der Waals surface area contributed by atoms with Crippen molar-refractivity contribution in [1.82, 2.24) is 5.32 Å². The van der Waals surface area contributed by atoms with Gasteiger partial charge in [-0.15, -0.1) is 0 Å². The molecule has 0 saturated heterocycles. The van der Waals surface area contributed by atoms with Crippen LogP contribution in [0.5, 0.6) is 0 Å². The molecule has 4 heteroatoms. The van der Waals surface area contributed by atoms with E-state index in [4.69, 9.17) is 10.00 Å². The van der Waals surface area contributed by atoms with Gasteiger partial charge in [0.05, 0.1) is 18.7 Å². The average molecular weight is 198 g/mol. The maximum absolute atomic E-state index is 11.3. The van der Waals surface area contributed by atoms with Gasteiger partial charge in [0.2, 0.25) is 5.91 Å². The van der Waals surface area contributed by atoms with Crippen LogP contribution in [-0.2, 0) is 9.53 Å². The molecule has 14 heavy (non-hydrogen) atoms. The molecule has 2 unspecified atom stereocenters. The maximum atomic E-state index is 11.3. The third-order valence-electron chi connectivity index (χ3n) is 1.94. The Morgan fingerprint density at radius 3 is 2.71 bits per heavy atom. The van der Waals surface area contributed by atoms with Gasteiger partial charge < -0.3 is 10.1 Å². The van der Waals surface area contributed by atoms with Crippen molar-refractivity contribution >= 4 is 5.91 Å². The molecule has 80 valence electrons. The first-order valence-corrected chi connectivity index (χ1v) is 4.84. The number of hydrogen-bond acceptors (Lipinski definition) is 3. The number of ether oxygens (including phenoxy) is 1. The molecule has 0 spiro atoms. The minimum atomic E-state index is -0.591. The van der Waals surface area contributed by atoms with E-state index in [-0.39, 0.29) is 11.9 Å². The van der Waals surface area contributed by atoms with E-state index in [9.17, 15) is 4.79 Å². The van der Waals surface area contributed by atoms with Crippen molar-refractivity contribution in [2.24, 2.45) is 5.92 Å². The Kier molecular flexibility index (Phi) is 6.77. The van der Waals surface area contributed by atoms with E-state index in [0.717, 1.165) is 12.8 Å². The van der Waals surface area contributed by atoms with Crippen molar-refractivity contribution in [3.63, 3.8) is 0 Å². The van der Waals surface area contributed by atoms with E-state index < -0.39 is 5.92 Å². The highest BCUT2D eigenvalue weighted by Gasteiger charge is 2.16. The molecule has 0 radical (unpaired) electrons. The zero-order chi connectivity index (χ0) is 11.0. The molecule has 0 aromatic heterocycles. The Labute approximate surface area is 85.2 Å². The third-order valence-corrected chi connectivity index (χ3v) is 1.94. The van der Waals surface area contributed by atoms with Crippen LogP contribution >= 0.6 is 0 Å². The topological polar surface area (TPSA) is 62.1 Å². The first kappa shape index (κ1) is 12.9. The fourth-order valence-corrected chi connectivity index (χ4v) is 1.13. The summed E-state index contributed by atoms with van der Waals surface area (Å²) in [4.78, 5) is 11.3. The molecule has 2 atom stereocenters. The zero-order valence-electron chi connectivity index (χ0n) is 9.04. The summed E-state index contributed by atoms with van der Waals surface area (Å²) in [6.45, 7) is 4.13. The highest BCUT2D eigenvalue weighted by Crippen LogP contribution is 2.00. The van der Waals surface area contributed by atoms with Crippen LogP contribution in [0.25, 0.3) is 0 Å². The number of methoxy groups -OCH3 is 1. The van der Waals surface area contributed by atoms with Crippen LogP contribution in [0.2, 0.25) is 0 Å². The SMILES string of the molecule is CCCC(COC)NC(=O)C(C)C#N. The van der Waals surface area contributed by atoms with E-state index >= 15 is 0 Å². The van der Waals surface area contributed by atoms with Crippen molar-refractivity contribution in [2.75, 3.05) is 13.7 Å². The van der Waals surface area contributed by atoms with Gasteiger partial charge in [0.1, 0.15) is 5.92 Å². The van der Waals surface area contributed by atoms with Crippen molar-refractivity contribution in [1.29, 1.82) is 5.26 Å². The van der Waals surface area contributed by atoms with Gasteiger partial charge in [-0.1, -0.05) is 13.3 Å². The zero-order valence-corrected chi connectivity index (χ0v) is 9.04. The second kappa shape index (κ2) is 7.34. The molecule has 0 bridgehead atoms. The van der Waals surface area contributed by atoms with Crippen LogP contribution in [0.1, 0.15) is 26.7 Å². The Balaban J connectivity index is 4.02. The number of hydrogen-bond donors (Lipinski definition) is 1. The van der Waals surface area contributed by atoms with Gasteiger partial charge in [0.25, 0.3) is 0 Å². The molecule has 4 nitrogen and oxygen atoms in total. The Morgan fingerprint density at radius 2 is 2.29 bits per heavy atom. The molecule has 1 amide bonds. The minimum absolute atomic E-state index is 0.0216. The molecular formula is C10H18N2O2. The van der Waals surface area contributed by atoms with Crippen LogP contribution in [-0.4, -0.2) is 25.7 Å². The number of nitrogens with zero attached hydrogens (tertiary/aromatic N) is 1. The number of carbonyl (C=O) groups excluding carboxylic acids is 1. The first-order chi connectivity index (χ1) is 6.65. The lowest BCUT2D eigenvalue weighted by Gasteiger charge is -2.17. The molecule has 0 saturated carbocycles. The van der Waals surface area contributed by atoms with Crippen molar-refractivity contribution < 1.29 is 9.53 Å². The average Bonchev–Trinajstić information content (AvgIpc) is 2.17. The molecule has 0 fully saturated rings. The van der Waals surface area contributed by atoms with Gasteiger partial charge >= 0.3 is 0 Å². The molecule has 0 aliphatic carbocycles. The first-order valence-electron chi connectivity index (χ1n) is 4.84.